The van der Waals surface area contributed by atoms with Gasteiger partial charge in [0.15, 0.2) is 5.76 Å². The van der Waals surface area contributed by atoms with Crippen molar-refractivity contribution in [3.63, 3.8) is 0 Å². The highest BCUT2D eigenvalue weighted by Gasteiger charge is 2.30. The summed E-state index contributed by atoms with van der Waals surface area (Å²) >= 11 is 0. The maximum absolute atomic E-state index is 13.2. The molecule has 5 rings (SSSR count). The van der Waals surface area contributed by atoms with Gasteiger partial charge in [-0.2, -0.15) is 0 Å². The predicted octanol–water partition coefficient (Wildman–Crippen LogP) is 3.80. The lowest BCUT2D eigenvalue weighted by atomic mass is 9.96. The van der Waals surface area contributed by atoms with Crippen molar-refractivity contribution in [3.05, 3.63) is 53.3 Å². The molecule has 0 spiro atoms. The van der Waals surface area contributed by atoms with Gasteiger partial charge in [0.1, 0.15) is 17.2 Å². The lowest BCUT2D eigenvalue weighted by Crippen LogP contribution is -2.39. The van der Waals surface area contributed by atoms with Crippen molar-refractivity contribution in [3.8, 4) is 5.75 Å². The second-order valence-corrected chi connectivity index (χ2v) is 8.83. The number of piperidine rings is 1. The fourth-order valence-corrected chi connectivity index (χ4v) is 4.76. The molecule has 0 N–H and O–H groups in total. The number of carbonyl (C=O) groups excluding carboxylic acids is 2. The maximum Gasteiger partial charge on any atom is 0.289 e. The van der Waals surface area contributed by atoms with E-state index in [0.717, 1.165) is 49.9 Å². The van der Waals surface area contributed by atoms with E-state index in [1.807, 2.05) is 34.9 Å². The number of methoxy groups -OCH3 is 1. The molecule has 0 saturated carbocycles. The number of ether oxygens (including phenoxy) is 1. The van der Waals surface area contributed by atoms with E-state index in [0.29, 0.717) is 41.5 Å². The Labute approximate surface area is 192 Å². The van der Waals surface area contributed by atoms with Crippen LogP contribution >= 0.6 is 0 Å². The smallest absolute Gasteiger partial charge is 0.289 e. The standard InChI is InChI=1S/C25H28N4O4/c1-16-20(24(30)28-9-3-4-10-28)14-26-23(27-16)17-6-5-11-29(15-17)25(31)22-13-18-12-19(32-2)7-8-21(18)33-22/h7-8,12-14,17H,3-6,9-11,15H2,1-2H3/t17-/m1/s1. The summed E-state index contributed by atoms with van der Waals surface area (Å²) in [5.74, 6) is 1.65. The molecule has 0 bridgehead atoms. The van der Waals surface area contributed by atoms with Crippen molar-refractivity contribution in [2.75, 3.05) is 33.3 Å². The summed E-state index contributed by atoms with van der Waals surface area (Å²) < 4.78 is 11.1. The molecule has 8 nitrogen and oxygen atoms in total. The second kappa shape index (κ2) is 8.84. The summed E-state index contributed by atoms with van der Waals surface area (Å²) in [6, 6.07) is 7.25. The van der Waals surface area contributed by atoms with Crippen molar-refractivity contribution in [1.82, 2.24) is 19.8 Å². The van der Waals surface area contributed by atoms with Gasteiger partial charge in [0.2, 0.25) is 0 Å². The van der Waals surface area contributed by atoms with Crippen LogP contribution in [0, 0.1) is 6.92 Å². The van der Waals surface area contributed by atoms with E-state index < -0.39 is 0 Å². The zero-order valence-electron chi connectivity index (χ0n) is 19.0. The zero-order chi connectivity index (χ0) is 22.9. The normalized spacial score (nSPS) is 18.7. The number of carbonyl (C=O) groups is 2. The average Bonchev–Trinajstić information content (AvgIpc) is 3.53. The van der Waals surface area contributed by atoms with E-state index >= 15 is 0 Å². The molecule has 2 amide bonds. The minimum Gasteiger partial charge on any atom is -0.497 e. The lowest BCUT2D eigenvalue weighted by molar-refractivity contribution is 0.0674. The molecule has 2 aliphatic rings. The highest BCUT2D eigenvalue weighted by Crippen LogP contribution is 2.29. The number of benzene rings is 1. The first-order valence-corrected chi connectivity index (χ1v) is 11.5. The monoisotopic (exact) mass is 448 g/mol. The number of nitrogens with zero attached hydrogens (tertiary/aromatic N) is 4. The van der Waals surface area contributed by atoms with Gasteiger partial charge in [-0.15, -0.1) is 0 Å². The lowest BCUT2D eigenvalue weighted by Gasteiger charge is -2.31. The molecular weight excluding hydrogens is 420 g/mol. The van der Waals surface area contributed by atoms with Gasteiger partial charge >= 0.3 is 0 Å². The second-order valence-electron chi connectivity index (χ2n) is 8.83. The van der Waals surface area contributed by atoms with Crippen molar-refractivity contribution in [2.45, 2.75) is 38.5 Å². The number of aromatic nitrogens is 2. The summed E-state index contributed by atoms with van der Waals surface area (Å²) in [6.07, 6.45) is 5.52. The van der Waals surface area contributed by atoms with Crippen LogP contribution < -0.4 is 4.74 Å². The third-order valence-electron chi connectivity index (χ3n) is 6.63. The van der Waals surface area contributed by atoms with Crippen LogP contribution in [0.5, 0.6) is 5.75 Å². The molecule has 0 unspecified atom stereocenters. The van der Waals surface area contributed by atoms with E-state index in [-0.39, 0.29) is 17.7 Å². The largest absolute Gasteiger partial charge is 0.497 e. The van der Waals surface area contributed by atoms with E-state index in [9.17, 15) is 9.59 Å². The van der Waals surface area contributed by atoms with Crippen molar-refractivity contribution < 1.29 is 18.7 Å². The Morgan fingerprint density at radius 3 is 2.61 bits per heavy atom. The molecule has 2 aromatic heterocycles. The molecule has 172 valence electrons. The quantitative estimate of drug-likeness (QED) is 0.603. The fraction of sp³-hybridized carbons (Fsp3) is 0.440. The molecule has 2 aliphatic heterocycles. The third-order valence-corrected chi connectivity index (χ3v) is 6.63. The minimum atomic E-state index is -0.132. The Morgan fingerprint density at radius 2 is 1.85 bits per heavy atom. The SMILES string of the molecule is COc1ccc2oc(C(=O)N3CCC[C@@H](c4ncc(C(=O)N5CCCC5)c(C)n4)C3)cc2c1. The van der Waals surface area contributed by atoms with Gasteiger partial charge in [0, 0.05) is 43.7 Å². The molecular formula is C25H28N4O4. The van der Waals surface area contributed by atoms with E-state index in [1.54, 1.807) is 19.4 Å². The minimum absolute atomic E-state index is 0.0125. The number of hydrogen-bond donors (Lipinski definition) is 0. The predicted molar refractivity (Wildman–Crippen MR) is 123 cm³/mol. The van der Waals surface area contributed by atoms with Crippen LogP contribution in [-0.2, 0) is 0 Å². The van der Waals surface area contributed by atoms with Gasteiger partial charge in [-0.1, -0.05) is 0 Å². The highest BCUT2D eigenvalue weighted by molar-refractivity contribution is 5.96. The van der Waals surface area contributed by atoms with Gasteiger partial charge in [0.25, 0.3) is 11.8 Å². The number of aryl methyl sites for hydroxylation is 1. The van der Waals surface area contributed by atoms with Gasteiger partial charge in [-0.3, -0.25) is 9.59 Å². The van der Waals surface area contributed by atoms with Crippen LogP contribution in [-0.4, -0.2) is 64.9 Å². The summed E-state index contributed by atoms with van der Waals surface area (Å²) in [5.41, 5.74) is 1.93. The summed E-state index contributed by atoms with van der Waals surface area (Å²) in [6.45, 7) is 4.66. The molecule has 0 aliphatic carbocycles. The Bertz CT molecular complexity index is 1200. The first kappa shape index (κ1) is 21.4. The van der Waals surface area contributed by atoms with Crippen LogP contribution in [0.3, 0.4) is 0 Å². The number of rotatable bonds is 4. The molecule has 8 heteroatoms. The van der Waals surface area contributed by atoms with Crippen LogP contribution in [0.15, 0.2) is 34.9 Å². The van der Waals surface area contributed by atoms with Gasteiger partial charge in [0.05, 0.1) is 18.4 Å². The Morgan fingerprint density at radius 1 is 1.06 bits per heavy atom. The fourth-order valence-electron chi connectivity index (χ4n) is 4.76. The molecule has 1 aromatic carbocycles. The van der Waals surface area contributed by atoms with Crippen LogP contribution in [0.4, 0.5) is 0 Å². The number of amides is 2. The molecule has 4 heterocycles. The first-order chi connectivity index (χ1) is 16.0. The number of hydrogen-bond acceptors (Lipinski definition) is 6. The molecule has 33 heavy (non-hydrogen) atoms. The van der Waals surface area contributed by atoms with Crippen LogP contribution in [0.25, 0.3) is 11.0 Å². The highest BCUT2D eigenvalue weighted by atomic mass is 16.5. The number of likely N-dealkylation sites (tertiary alicyclic amines) is 2. The Kier molecular flexibility index (Phi) is 5.74. The Balaban J connectivity index is 1.31. The molecule has 0 radical (unpaired) electrons. The number of fused-ring (bicyclic) bond motifs is 1. The van der Waals surface area contributed by atoms with E-state index in [4.69, 9.17) is 9.15 Å². The molecule has 2 saturated heterocycles. The van der Waals surface area contributed by atoms with Gasteiger partial charge in [-0.05, 0) is 56.9 Å². The Hall–Kier alpha value is -3.42. The first-order valence-electron chi connectivity index (χ1n) is 11.5. The molecule has 1 atom stereocenters. The summed E-state index contributed by atoms with van der Waals surface area (Å²) in [5, 5.41) is 0.837. The molecule has 3 aromatic rings. The van der Waals surface area contributed by atoms with Crippen molar-refractivity contribution in [1.29, 1.82) is 0 Å². The van der Waals surface area contributed by atoms with Crippen molar-refractivity contribution in [2.24, 2.45) is 0 Å². The topological polar surface area (TPSA) is 88.8 Å². The van der Waals surface area contributed by atoms with Crippen LogP contribution in [0.2, 0.25) is 0 Å². The number of furan rings is 1. The average molecular weight is 449 g/mol. The summed E-state index contributed by atoms with van der Waals surface area (Å²) in [4.78, 5) is 38.8. The zero-order valence-corrected chi connectivity index (χ0v) is 19.0. The van der Waals surface area contributed by atoms with Gasteiger partial charge in [-0.25, -0.2) is 9.97 Å². The van der Waals surface area contributed by atoms with Crippen molar-refractivity contribution >= 4 is 22.8 Å². The van der Waals surface area contributed by atoms with E-state index in [1.165, 1.54) is 0 Å². The summed E-state index contributed by atoms with van der Waals surface area (Å²) in [7, 11) is 1.61. The third kappa shape index (κ3) is 4.17. The van der Waals surface area contributed by atoms with Crippen LogP contribution in [0.1, 0.15) is 64.0 Å². The van der Waals surface area contributed by atoms with E-state index in [2.05, 4.69) is 9.97 Å². The van der Waals surface area contributed by atoms with Gasteiger partial charge < -0.3 is 19.0 Å². The molecule has 2 fully saturated rings. The maximum atomic E-state index is 13.2.